The maximum Gasteiger partial charge on any atom is 0.435 e. The molecule has 35 heavy (non-hydrogen) atoms. The fourth-order valence-corrected chi connectivity index (χ4v) is 4.30. The molecule has 1 aliphatic rings. The molecule has 0 saturated carbocycles. The van der Waals surface area contributed by atoms with E-state index in [0.29, 0.717) is 31.0 Å². The van der Waals surface area contributed by atoms with E-state index < -0.39 is 23.5 Å². The first-order chi connectivity index (χ1) is 16.6. The molecule has 0 radical (unpaired) electrons. The number of alkyl halides is 3. The second-order valence-corrected chi connectivity index (χ2v) is 8.92. The minimum absolute atomic E-state index is 0.174. The van der Waals surface area contributed by atoms with Gasteiger partial charge >= 0.3 is 6.18 Å². The molecular weight excluding hydrogens is 493 g/mol. The van der Waals surface area contributed by atoms with Gasteiger partial charge in [-0.15, -0.1) is 10.2 Å². The van der Waals surface area contributed by atoms with Crippen LogP contribution in [-0.2, 0) is 17.5 Å². The van der Waals surface area contributed by atoms with E-state index in [1.807, 2.05) is 0 Å². The van der Waals surface area contributed by atoms with Crippen molar-refractivity contribution in [2.75, 3.05) is 13.1 Å². The molecule has 7 nitrogen and oxygen atoms in total. The fourth-order valence-electron chi connectivity index (χ4n) is 3.54. The van der Waals surface area contributed by atoms with E-state index >= 15 is 0 Å². The Labute approximate surface area is 201 Å². The normalized spacial score (nSPS) is 14.9. The maximum atomic E-state index is 13.8. The van der Waals surface area contributed by atoms with Crippen molar-refractivity contribution in [3.8, 4) is 5.88 Å². The lowest BCUT2D eigenvalue weighted by atomic mass is 10.1. The van der Waals surface area contributed by atoms with E-state index in [1.54, 1.807) is 17.0 Å². The highest BCUT2D eigenvalue weighted by atomic mass is 32.2. The first-order valence-electron chi connectivity index (χ1n) is 10.6. The molecule has 1 saturated heterocycles. The van der Waals surface area contributed by atoms with Crippen LogP contribution in [0.25, 0.3) is 0 Å². The molecule has 1 amide bonds. The van der Waals surface area contributed by atoms with Crippen LogP contribution in [0.3, 0.4) is 0 Å². The highest BCUT2D eigenvalue weighted by molar-refractivity contribution is 7.99. The highest BCUT2D eigenvalue weighted by Gasteiger charge is 2.35. The molecule has 0 aliphatic carbocycles. The van der Waals surface area contributed by atoms with Gasteiger partial charge in [0, 0.05) is 37.7 Å². The van der Waals surface area contributed by atoms with Gasteiger partial charge in [-0.1, -0.05) is 17.8 Å². The number of hydrogen-bond donors (Lipinski definition) is 0. The van der Waals surface area contributed by atoms with Crippen LogP contribution >= 0.6 is 11.8 Å². The molecule has 3 heterocycles. The molecule has 2 aromatic heterocycles. The molecular formula is C22H20F5N5O2S. The van der Waals surface area contributed by atoms with Crippen molar-refractivity contribution in [3.63, 3.8) is 0 Å². The molecule has 0 N–H and O–H groups in total. The van der Waals surface area contributed by atoms with Crippen LogP contribution < -0.4 is 4.74 Å². The van der Waals surface area contributed by atoms with E-state index in [1.165, 1.54) is 13.0 Å². The summed E-state index contributed by atoms with van der Waals surface area (Å²) in [6.07, 6.45) is -3.81. The SMILES string of the molecule is Cc1cc(C(F)(F)F)nn1CC(=O)N1CCC(Oc2ccc(Sc3c(F)cccc3F)nn2)CC1. The molecule has 3 aromatic rings. The predicted octanol–water partition coefficient (Wildman–Crippen LogP) is 4.50. The third-order valence-electron chi connectivity index (χ3n) is 5.38. The summed E-state index contributed by atoms with van der Waals surface area (Å²) in [5, 5.41) is 11.7. The Bertz CT molecular complexity index is 1170. The third-order valence-corrected chi connectivity index (χ3v) is 6.40. The van der Waals surface area contributed by atoms with Crippen molar-refractivity contribution in [2.45, 2.75) is 48.5 Å². The molecule has 0 unspecified atom stereocenters. The van der Waals surface area contributed by atoms with E-state index in [4.69, 9.17) is 4.74 Å². The number of halogens is 5. The fraction of sp³-hybridized carbons (Fsp3) is 0.364. The molecule has 1 fully saturated rings. The smallest absolute Gasteiger partial charge is 0.435 e. The van der Waals surface area contributed by atoms with Gasteiger partial charge in [0.05, 0.1) is 4.90 Å². The minimum atomic E-state index is -4.57. The first kappa shape index (κ1) is 24.9. The van der Waals surface area contributed by atoms with E-state index in [9.17, 15) is 26.7 Å². The average molecular weight is 513 g/mol. The number of ether oxygens (including phenoxy) is 1. The topological polar surface area (TPSA) is 73.1 Å². The molecule has 1 aromatic carbocycles. The third kappa shape index (κ3) is 6.08. The van der Waals surface area contributed by atoms with Gasteiger partial charge in [-0.2, -0.15) is 18.3 Å². The van der Waals surface area contributed by atoms with Crippen LogP contribution in [0.2, 0.25) is 0 Å². The Morgan fingerprint density at radius 2 is 1.80 bits per heavy atom. The van der Waals surface area contributed by atoms with Crippen LogP contribution in [0.15, 0.2) is 46.3 Å². The van der Waals surface area contributed by atoms with E-state index in [0.717, 1.165) is 34.6 Å². The lowest BCUT2D eigenvalue weighted by Gasteiger charge is -2.32. The van der Waals surface area contributed by atoms with Crippen LogP contribution in [0.1, 0.15) is 24.2 Å². The summed E-state index contributed by atoms with van der Waals surface area (Å²) < 4.78 is 72.9. The molecule has 0 bridgehead atoms. The number of carbonyl (C=O) groups excluding carboxylic acids is 1. The predicted molar refractivity (Wildman–Crippen MR) is 115 cm³/mol. The number of likely N-dealkylation sites (tertiary alicyclic amines) is 1. The molecule has 13 heteroatoms. The highest BCUT2D eigenvalue weighted by Crippen LogP contribution is 2.31. The van der Waals surface area contributed by atoms with Gasteiger partial charge in [-0.05, 0) is 31.2 Å². The number of carbonyl (C=O) groups is 1. The summed E-state index contributed by atoms with van der Waals surface area (Å²) in [6.45, 7) is 1.92. The first-order valence-corrected chi connectivity index (χ1v) is 11.4. The Morgan fingerprint density at radius 1 is 1.11 bits per heavy atom. The molecule has 0 spiro atoms. The summed E-state index contributed by atoms with van der Waals surface area (Å²) in [5.41, 5.74) is -0.777. The average Bonchev–Trinajstić information content (AvgIpc) is 3.19. The lowest BCUT2D eigenvalue weighted by molar-refractivity contribution is -0.142. The standard InChI is InChI=1S/C22H20F5N5O2S/c1-13-11-17(22(25,26)27)30-32(13)12-20(33)31-9-7-14(8-10-31)34-18-5-6-19(29-28-18)35-21-15(23)3-2-4-16(21)24/h2-6,11,14H,7-10,12H2,1H3. The van der Waals surface area contributed by atoms with Crippen molar-refractivity contribution in [3.05, 3.63) is 59.4 Å². The number of piperidine rings is 1. The van der Waals surface area contributed by atoms with Gasteiger partial charge in [0.15, 0.2) is 5.69 Å². The number of aromatic nitrogens is 4. The lowest BCUT2D eigenvalue weighted by Crippen LogP contribution is -2.43. The Morgan fingerprint density at radius 3 is 2.37 bits per heavy atom. The van der Waals surface area contributed by atoms with Crippen molar-refractivity contribution in [2.24, 2.45) is 0 Å². The van der Waals surface area contributed by atoms with Gasteiger partial charge in [0.25, 0.3) is 0 Å². The van der Waals surface area contributed by atoms with Crippen LogP contribution in [0, 0.1) is 18.6 Å². The van der Waals surface area contributed by atoms with Crippen molar-refractivity contribution in [1.82, 2.24) is 24.9 Å². The number of amides is 1. The van der Waals surface area contributed by atoms with Crippen LogP contribution in [0.4, 0.5) is 22.0 Å². The monoisotopic (exact) mass is 513 g/mol. The van der Waals surface area contributed by atoms with Gasteiger partial charge < -0.3 is 9.64 Å². The van der Waals surface area contributed by atoms with Crippen molar-refractivity contribution < 1.29 is 31.5 Å². The van der Waals surface area contributed by atoms with Gasteiger partial charge in [0.2, 0.25) is 11.8 Å². The van der Waals surface area contributed by atoms with E-state index in [2.05, 4.69) is 15.3 Å². The van der Waals surface area contributed by atoms with Crippen molar-refractivity contribution in [1.29, 1.82) is 0 Å². The second kappa shape index (κ2) is 10.2. The van der Waals surface area contributed by atoms with Crippen LogP contribution in [-0.4, -0.2) is 50.0 Å². The largest absolute Gasteiger partial charge is 0.473 e. The van der Waals surface area contributed by atoms with Gasteiger partial charge in [0.1, 0.15) is 29.3 Å². The molecule has 1 aliphatic heterocycles. The molecule has 186 valence electrons. The van der Waals surface area contributed by atoms with Crippen LogP contribution in [0.5, 0.6) is 5.88 Å². The van der Waals surface area contributed by atoms with Gasteiger partial charge in [-0.25, -0.2) is 8.78 Å². The van der Waals surface area contributed by atoms with Crippen molar-refractivity contribution >= 4 is 17.7 Å². The Hall–Kier alpha value is -3.22. The zero-order chi connectivity index (χ0) is 25.2. The quantitative estimate of drug-likeness (QED) is 0.452. The Balaban J connectivity index is 1.28. The molecule has 4 rings (SSSR count). The number of aryl methyl sites for hydroxylation is 1. The zero-order valence-electron chi connectivity index (χ0n) is 18.4. The number of rotatable bonds is 6. The van der Waals surface area contributed by atoms with Gasteiger partial charge in [-0.3, -0.25) is 9.48 Å². The summed E-state index contributed by atoms with van der Waals surface area (Å²) in [5.74, 6) is -1.48. The summed E-state index contributed by atoms with van der Waals surface area (Å²) in [6, 6.07) is 7.58. The maximum absolute atomic E-state index is 13.8. The van der Waals surface area contributed by atoms with E-state index in [-0.39, 0.29) is 35.0 Å². The second-order valence-electron chi connectivity index (χ2n) is 7.89. The number of benzene rings is 1. The summed E-state index contributed by atoms with van der Waals surface area (Å²) in [4.78, 5) is 13.9. The summed E-state index contributed by atoms with van der Waals surface area (Å²) in [7, 11) is 0. The number of hydrogen-bond acceptors (Lipinski definition) is 6. The summed E-state index contributed by atoms with van der Waals surface area (Å²) >= 11 is 0.811. The Kier molecular flexibility index (Phi) is 7.24. The molecule has 0 atom stereocenters. The number of nitrogens with zero attached hydrogens (tertiary/aromatic N) is 5. The zero-order valence-corrected chi connectivity index (χ0v) is 19.2. The minimum Gasteiger partial charge on any atom is -0.473 e.